The number of alkyl halides is 3. The number of rotatable bonds is 7. The summed E-state index contributed by atoms with van der Waals surface area (Å²) in [6.07, 6.45) is -4.51. The van der Waals surface area contributed by atoms with E-state index in [-0.39, 0.29) is 11.4 Å². The number of morpholine rings is 1. The highest BCUT2D eigenvalue weighted by atomic mass is 32.2. The van der Waals surface area contributed by atoms with E-state index in [0.29, 0.717) is 51.4 Å². The molecule has 11 heteroatoms. The number of halogens is 3. The average molecular weight is 396 g/mol. The van der Waals surface area contributed by atoms with Gasteiger partial charge in [0, 0.05) is 18.8 Å². The molecule has 0 spiro atoms. The molecule has 146 valence electrons. The summed E-state index contributed by atoms with van der Waals surface area (Å²) in [5, 5.41) is 8.94. The molecule has 0 atom stereocenters. The van der Waals surface area contributed by atoms with Crippen molar-refractivity contribution in [3.05, 3.63) is 29.3 Å². The lowest BCUT2D eigenvalue weighted by Gasteiger charge is -2.26. The second-order valence-electron chi connectivity index (χ2n) is 5.79. The minimum atomic E-state index is -4.84. The van der Waals surface area contributed by atoms with Gasteiger partial charge in [0.25, 0.3) is 0 Å². The summed E-state index contributed by atoms with van der Waals surface area (Å²) in [4.78, 5) is 13.1. The molecule has 7 nitrogen and oxygen atoms in total. The summed E-state index contributed by atoms with van der Waals surface area (Å²) in [6, 6.07) is 2.12. The van der Waals surface area contributed by atoms with Gasteiger partial charge in [0.15, 0.2) is 0 Å². The number of ether oxygens (including phenoxy) is 1. The molecule has 2 rings (SSSR count). The van der Waals surface area contributed by atoms with Gasteiger partial charge in [0.1, 0.15) is 0 Å². The predicted octanol–water partition coefficient (Wildman–Crippen LogP) is 1.87. The van der Waals surface area contributed by atoms with Crippen LogP contribution in [0.3, 0.4) is 0 Å². The predicted molar refractivity (Wildman–Crippen MR) is 87.7 cm³/mol. The molecule has 1 aromatic carbocycles. The third kappa shape index (κ3) is 5.85. The Hall–Kier alpha value is -1.85. The maximum atomic E-state index is 12.8. The number of carbonyl (C=O) groups is 1. The molecule has 1 fully saturated rings. The molecule has 1 aliphatic heterocycles. The van der Waals surface area contributed by atoms with Gasteiger partial charge in [-0.05, 0) is 31.2 Å². The van der Waals surface area contributed by atoms with Gasteiger partial charge in [-0.2, -0.15) is 13.2 Å². The number of anilines is 1. The maximum Gasteiger partial charge on any atom is 0.417 e. The lowest BCUT2D eigenvalue weighted by molar-refractivity contribution is -0.138. The van der Waals surface area contributed by atoms with E-state index in [9.17, 15) is 26.4 Å². The number of hydrogen-bond donors (Lipinski definition) is 2. The van der Waals surface area contributed by atoms with E-state index in [2.05, 4.69) is 9.62 Å². The van der Waals surface area contributed by atoms with E-state index in [0.717, 1.165) is 6.07 Å². The fourth-order valence-corrected chi connectivity index (χ4v) is 3.66. The molecule has 1 aliphatic rings. The number of carboxylic acid groups (broad SMARTS) is 1. The molecule has 1 aromatic rings. The Balaban J connectivity index is 2.01. The van der Waals surface area contributed by atoms with Crippen molar-refractivity contribution < 1.29 is 36.2 Å². The van der Waals surface area contributed by atoms with Gasteiger partial charge in [-0.1, -0.05) is 0 Å². The largest absolute Gasteiger partial charge is 0.478 e. The topological polar surface area (TPSA) is 95.9 Å². The van der Waals surface area contributed by atoms with Crippen LogP contribution in [-0.2, 0) is 20.9 Å². The molecular formula is C15H19F3N2O5S. The van der Waals surface area contributed by atoms with E-state index in [1.54, 1.807) is 0 Å². The van der Waals surface area contributed by atoms with Crippen LogP contribution < -0.4 is 4.72 Å². The van der Waals surface area contributed by atoms with Gasteiger partial charge < -0.3 is 9.84 Å². The molecule has 0 radical (unpaired) electrons. The Morgan fingerprint density at radius 3 is 2.50 bits per heavy atom. The minimum Gasteiger partial charge on any atom is -0.478 e. The summed E-state index contributed by atoms with van der Waals surface area (Å²) in [6.45, 7) is 3.17. The standard InChI is InChI=1S/C15H19F3N2O5S/c16-15(17,18)13-3-2-11(10-12(13)14(21)22)19-26(23,24)9-1-4-20-5-7-25-8-6-20/h2-3,10,19H,1,4-9H2,(H,21,22). The monoisotopic (exact) mass is 396 g/mol. The SMILES string of the molecule is O=C(O)c1cc(NS(=O)(=O)CCCN2CCOCC2)ccc1C(F)(F)F. The van der Waals surface area contributed by atoms with Gasteiger partial charge in [-0.15, -0.1) is 0 Å². The second kappa shape index (κ2) is 8.23. The number of aromatic carboxylic acids is 1. The van der Waals surface area contributed by atoms with Crippen LogP contribution in [0.25, 0.3) is 0 Å². The van der Waals surface area contributed by atoms with Crippen molar-refractivity contribution in [2.45, 2.75) is 12.6 Å². The zero-order chi connectivity index (χ0) is 19.4. The fraction of sp³-hybridized carbons (Fsp3) is 0.533. The van der Waals surface area contributed by atoms with E-state index >= 15 is 0 Å². The molecule has 1 saturated heterocycles. The summed E-state index contributed by atoms with van der Waals surface area (Å²) < 4.78 is 69.9. The Morgan fingerprint density at radius 2 is 1.92 bits per heavy atom. The summed E-state index contributed by atoms with van der Waals surface area (Å²) in [5.41, 5.74) is -2.56. The van der Waals surface area contributed by atoms with Crippen LogP contribution in [0.5, 0.6) is 0 Å². The quantitative estimate of drug-likeness (QED) is 0.731. The van der Waals surface area contributed by atoms with Crippen molar-refractivity contribution in [2.24, 2.45) is 0 Å². The molecule has 0 saturated carbocycles. The molecule has 0 aromatic heterocycles. The van der Waals surface area contributed by atoms with Crippen molar-refractivity contribution in [1.29, 1.82) is 0 Å². The first-order valence-corrected chi connectivity index (χ1v) is 9.49. The Bertz CT molecular complexity index is 746. The molecule has 2 N–H and O–H groups in total. The Labute approximate surface area is 148 Å². The lowest BCUT2D eigenvalue weighted by atomic mass is 10.1. The zero-order valence-electron chi connectivity index (χ0n) is 13.8. The maximum absolute atomic E-state index is 12.8. The van der Waals surface area contributed by atoms with Crippen LogP contribution in [0, 0.1) is 0 Å². The van der Waals surface area contributed by atoms with Crippen molar-refractivity contribution >= 4 is 21.7 Å². The van der Waals surface area contributed by atoms with Gasteiger partial charge in [0.2, 0.25) is 10.0 Å². The van der Waals surface area contributed by atoms with Crippen LogP contribution in [-0.4, -0.2) is 63.0 Å². The number of nitrogens with zero attached hydrogens (tertiary/aromatic N) is 1. The van der Waals surface area contributed by atoms with E-state index < -0.39 is 33.3 Å². The third-order valence-electron chi connectivity index (χ3n) is 3.82. The third-order valence-corrected chi connectivity index (χ3v) is 5.19. The summed E-state index contributed by atoms with van der Waals surface area (Å²) >= 11 is 0. The number of hydrogen-bond acceptors (Lipinski definition) is 5. The molecule has 0 unspecified atom stereocenters. The zero-order valence-corrected chi connectivity index (χ0v) is 14.6. The smallest absolute Gasteiger partial charge is 0.417 e. The second-order valence-corrected chi connectivity index (χ2v) is 7.63. The molecule has 0 aliphatic carbocycles. The molecule has 0 bridgehead atoms. The van der Waals surface area contributed by atoms with E-state index in [1.165, 1.54) is 0 Å². The highest BCUT2D eigenvalue weighted by Crippen LogP contribution is 2.33. The van der Waals surface area contributed by atoms with Gasteiger partial charge in [-0.3, -0.25) is 9.62 Å². The summed E-state index contributed by atoms with van der Waals surface area (Å²) in [7, 11) is -3.81. The summed E-state index contributed by atoms with van der Waals surface area (Å²) in [5.74, 6) is -2.01. The van der Waals surface area contributed by atoms with Crippen LogP contribution >= 0.6 is 0 Å². The number of nitrogens with one attached hydrogen (secondary N) is 1. The van der Waals surface area contributed by atoms with Crippen LogP contribution in [0.1, 0.15) is 22.3 Å². The normalized spacial score (nSPS) is 16.4. The minimum absolute atomic E-state index is 0.221. The highest BCUT2D eigenvalue weighted by Gasteiger charge is 2.35. The van der Waals surface area contributed by atoms with Crippen molar-refractivity contribution in [3.8, 4) is 0 Å². The van der Waals surface area contributed by atoms with Crippen LogP contribution in [0.4, 0.5) is 18.9 Å². The Morgan fingerprint density at radius 1 is 1.27 bits per heavy atom. The highest BCUT2D eigenvalue weighted by molar-refractivity contribution is 7.92. The Kier molecular flexibility index (Phi) is 6.48. The van der Waals surface area contributed by atoms with E-state index in [4.69, 9.17) is 9.84 Å². The average Bonchev–Trinajstić information content (AvgIpc) is 2.54. The van der Waals surface area contributed by atoms with Crippen molar-refractivity contribution in [3.63, 3.8) is 0 Å². The van der Waals surface area contributed by atoms with E-state index in [1.807, 2.05) is 0 Å². The lowest BCUT2D eigenvalue weighted by Crippen LogP contribution is -2.37. The van der Waals surface area contributed by atoms with Gasteiger partial charge in [-0.25, -0.2) is 13.2 Å². The first-order chi connectivity index (χ1) is 12.1. The number of carboxylic acids is 1. The molecule has 26 heavy (non-hydrogen) atoms. The number of sulfonamides is 1. The molecule has 0 amide bonds. The van der Waals surface area contributed by atoms with Gasteiger partial charge >= 0.3 is 12.1 Å². The number of benzene rings is 1. The van der Waals surface area contributed by atoms with Crippen molar-refractivity contribution in [2.75, 3.05) is 43.3 Å². The van der Waals surface area contributed by atoms with Gasteiger partial charge in [0.05, 0.1) is 30.1 Å². The fourth-order valence-electron chi connectivity index (χ4n) is 2.57. The molecule has 1 heterocycles. The van der Waals surface area contributed by atoms with Crippen LogP contribution in [0.2, 0.25) is 0 Å². The van der Waals surface area contributed by atoms with Crippen molar-refractivity contribution in [1.82, 2.24) is 4.90 Å². The van der Waals surface area contributed by atoms with Crippen LogP contribution in [0.15, 0.2) is 18.2 Å². The molecular weight excluding hydrogens is 377 g/mol. The first kappa shape index (κ1) is 20.5. The first-order valence-electron chi connectivity index (χ1n) is 7.83.